The summed E-state index contributed by atoms with van der Waals surface area (Å²) in [6, 6.07) is 5.08. The molecule has 12 heavy (non-hydrogen) atoms. The SMILES string of the molecule is COc1cccc(C=O)c1OBr. The first-order valence-corrected chi connectivity index (χ1v) is 3.89. The van der Waals surface area contributed by atoms with Gasteiger partial charge in [-0.3, -0.25) is 4.79 Å². The van der Waals surface area contributed by atoms with Crippen LogP contribution in [0.1, 0.15) is 10.4 Å². The Morgan fingerprint density at radius 2 is 2.25 bits per heavy atom. The van der Waals surface area contributed by atoms with Crippen LogP contribution in [0.2, 0.25) is 0 Å². The Labute approximate surface area is 78.7 Å². The summed E-state index contributed by atoms with van der Waals surface area (Å²) >= 11 is 2.80. The lowest BCUT2D eigenvalue weighted by Gasteiger charge is -2.06. The molecule has 0 atom stereocenters. The summed E-state index contributed by atoms with van der Waals surface area (Å²) in [4.78, 5) is 10.5. The molecule has 0 saturated carbocycles. The van der Waals surface area contributed by atoms with E-state index in [9.17, 15) is 4.79 Å². The van der Waals surface area contributed by atoms with E-state index in [0.717, 1.165) is 0 Å². The zero-order chi connectivity index (χ0) is 8.97. The zero-order valence-electron chi connectivity index (χ0n) is 6.41. The highest BCUT2D eigenvalue weighted by Gasteiger charge is 2.08. The van der Waals surface area contributed by atoms with Crippen molar-refractivity contribution in [2.24, 2.45) is 0 Å². The summed E-state index contributed by atoms with van der Waals surface area (Å²) in [6.45, 7) is 0. The van der Waals surface area contributed by atoms with E-state index in [0.29, 0.717) is 23.3 Å². The van der Waals surface area contributed by atoms with Crippen molar-refractivity contribution in [3.8, 4) is 11.5 Å². The molecule has 0 aliphatic heterocycles. The Morgan fingerprint density at radius 1 is 1.50 bits per heavy atom. The van der Waals surface area contributed by atoms with Crippen LogP contribution in [-0.2, 0) is 0 Å². The molecular formula is C8H7BrO3. The lowest BCUT2D eigenvalue weighted by Crippen LogP contribution is -1.90. The number of rotatable bonds is 3. The van der Waals surface area contributed by atoms with Gasteiger partial charge in [-0.15, -0.1) is 0 Å². The fourth-order valence-corrected chi connectivity index (χ4v) is 1.22. The number of ether oxygens (including phenoxy) is 1. The molecule has 3 nitrogen and oxygen atoms in total. The van der Waals surface area contributed by atoms with Gasteiger partial charge >= 0.3 is 0 Å². The number of carbonyl (C=O) groups excluding carboxylic acids is 1. The van der Waals surface area contributed by atoms with Crippen molar-refractivity contribution in [2.75, 3.05) is 7.11 Å². The van der Waals surface area contributed by atoms with Gasteiger partial charge < -0.3 is 8.57 Å². The summed E-state index contributed by atoms with van der Waals surface area (Å²) in [6.07, 6.45) is 0.707. The highest BCUT2D eigenvalue weighted by atomic mass is 79.9. The third-order valence-electron chi connectivity index (χ3n) is 1.43. The van der Waals surface area contributed by atoms with E-state index in [1.54, 1.807) is 18.2 Å². The number of hydrogen-bond acceptors (Lipinski definition) is 3. The summed E-state index contributed by atoms with van der Waals surface area (Å²) in [5.41, 5.74) is 0.450. The van der Waals surface area contributed by atoms with Crippen LogP contribution in [-0.4, -0.2) is 13.4 Å². The van der Waals surface area contributed by atoms with Gasteiger partial charge in [0.2, 0.25) is 0 Å². The highest BCUT2D eigenvalue weighted by molar-refractivity contribution is 9.06. The number of carbonyl (C=O) groups is 1. The topological polar surface area (TPSA) is 35.5 Å². The zero-order valence-corrected chi connectivity index (χ0v) is 8.00. The fourth-order valence-electron chi connectivity index (χ4n) is 0.869. The van der Waals surface area contributed by atoms with Crippen LogP contribution in [0.5, 0.6) is 11.5 Å². The molecule has 0 spiro atoms. The quantitative estimate of drug-likeness (QED) is 0.748. The van der Waals surface area contributed by atoms with Crippen molar-refractivity contribution in [1.29, 1.82) is 0 Å². The smallest absolute Gasteiger partial charge is 0.188 e. The molecule has 64 valence electrons. The Hall–Kier alpha value is -1.03. The molecule has 0 heterocycles. The van der Waals surface area contributed by atoms with Gasteiger partial charge in [0, 0.05) is 0 Å². The number of para-hydroxylation sites is 1. The molecular weight excluding hydrogens is 224 g/mol. The first kappa shape index (κ1) is 9.06. The van der Waals surface area contributed by atoms with Gasteiger partial charge in [-0.1, -0.05) is 6.07 Å². The lowest BCUT2D eigenvalue weighted by molar-refractivity contribution is 0.112. The Balaban J connectivity index is 3.21. The second-order valence-electron chi connectivity index (χ2n) is 2.07. The number of benzene rings is 1. The third kappa shape index (κ3) is 1.58. The van der Waals surface area contributed by atoms with E-state index < -0.39 is 0 Å². The first-order valence-electron chi connectivity index (χ1n) is 3.24. The van der Waals surface area contributed by atoms with E-state index in [-0.39, 0.29) is 0 Å². The van der Waals surface area contributed by atoms with E-state index in [2.05, 4.69) is 16.3 Å². The van der Waals surface area contributed by atoms with Gasteiger partial charge in [-0.25, -0.2) is 0 Å². The monoisotopic (exact) mass is 230 g/mol. The fraction of sp³-hybridized carbons (Fsp3) is 0.125. The largest absolute Gasteiger partial charge is 0.493 e. The van der Waals surface area contributed by atoms with Crippen LogP contribution < -0.4 is 8.57 Å². The summed E-state index contributed by atoms with van der Waals surface area (Å²) in [7, 11) is 1.51. The van der Waals surface area contributed by atoms with E-state index in [4.69, 9.17) is 8.57 Å². The minimum absolute atomic E-state index is 0.398. The van der Waals surface area contributed by atoms with Gasteiger partial charge in [0.1, 0.15) is 0 Å². The molecule has 0 bridgehead atoms. The molecule has 0 aromatic heterocycles. The predicted molar refractivity (Wildman–Crippen MR) is 47.9 cm³/mol. The van der Waals surface area contributed by atoms with E-state index >= 15 is 0 Å². The van der Waals surface area contributed by atoms with Crippen LogP contribution in [0.4, 0.5) is 0 Å². The van der Waals surface area contributed by atoms with Crippen molar-refractivity contribution in [2.45, 2.75) is 0 Å². The van der Waals surface area contributed by atoms with Crippen molar-refractivity contribution in [3.63, 3.8) is 0 Å². The standard InChI is InChI=1S/C8H7BrO3/c1-11-7-4-2-3-6(5-10)8(7)12-9/h2-5H,1H3. The second-order valence-corrected chi connectivity index (χ2v) is 2.40. The van der Waals surface area contributed by atoms with Gasteiger partial charge in [-0.05, 0) is 12.1 Å². The Kier molecular flexibility index (Phi) is 3.10. The lowest BCUT2D eigenvalue weighted by atomic mass is 10.2. The van der Waals surface area contributed by atoms with Gasteiger partial charge in [0.15, 0.2) is 34.0 Å². The molecule has 0 aliphatic rings. The minimum Gasteiger partial charge on any atom is -0.493 e. The van der Waals surface area contributed by atoms with E-state index in [1.165, 1.54) is 7.11 Å². The van der Waals surface area contributed by atoms with Crippen molar-refractivity contribution in [1.82, 2.24) is 0 Å². The molecule has 1 aromatic rings. The first-order chi connectivity index (χ1) is 5.83. The number of aldehydes is 1. The molecule has 0 saturated heterocycles. The maximum atomic E-state index is 10.5. The summed E-state index contributed by atoms with van der Waals surface area (Å²) in [5.74, 6) is 0.923. The number of halogens is 1. The van der Waals surface area contributed by atoms with Crippen LogP contribution in [0.15, 0.2) is 18.2 Å². The van der Waals surface area contributed by atoms with Crippen LogP contribution in [0.25, 0.3) is 0 Å². The second kappa shape index (κ2) is 4.11. The third-order valence-corrected chi connectivity index (χ3v) is 1.76. The summed E-state index contributed by atoms with van der Waals surface area (Å²) < 4.78 is 9.78. The van der Waals surface area contributed by atoms with Crippen LogP contribution >= 0.6 is 16.3 Å². The molecule has 0 amide bonds. The molecule has 1 rings (SSSR count). The van der Waals surface area contributed by atoms with E-state index in [1.807, 2.05) is 0 Å². The number of hydrogen-bond donors (Lipinski definition) is 0. The van der Waals surface area contributed by atoms with Gasteiger partial charge in [0.05, 0.1) is 12.7 Å². The average molecular weight is 231 g/mol. The molecule has 0 aliphatic carbocycles. The molecule has 0 radical (unpaired) electrons. The Bertz CT molecular complexity index is 286. The van der Waals surface area contributed by atoms with Crippen molar-refractivity contribution in [3.05, 3.63) is 23.8 Å². The predicted octanol–water partition coefficient (Wildman–Crippen LogP) is 2.20. The molecule has 1 aromatic carbocycles. The normalized spacial score (nSPS) is 9.17. The van der Waals surface area contributed by atoms with Crippen molar-refractivity contribution < 1.29 is 13.4 Å². The van der Waals surface area contributed by atoms with Crippen LogP contribution in [0, 0.1) is 0 Å². The number of methoxy groups -OCH3 is 1. The minimum atomic E-state index is 0.398. The molecule has 4 heteroatoms. The molecule has 0 N–H and O–H groups in total. The maximum Gasteiger partial charge on any atom is 0.188 e. The average Bonchev–Trinajstić information content (AvgIpc) is 2.16. The molecule has 0 unspecified atom stereocenters. The molecule has 0 fully saturated rings. The Morgan fingerprint density at radius 3 is 2.75 bits per heavy atom. The van der Waals surface area contributed by atoms with Gasteiger partial charge in [-0.2, -0.15) is 0 Å². The maximum absolute atomic E-state index is 10.5. The highest BCUT2D eigenvalue weighted by Crippen LogP contribution is 2.30. The van der Waals surface area contributed by atoms with Gasteiger partial charge in [0.25, 0.3) is 0 Å². The van der Waals surface area contributed by atoms with Crippen molar-refractivity contribution >= 4 is 22.5 Å². The van der Waals surface area contributed by atoms with Crippen LogP contribution in [0.3, 0.4) is 0 Å². The summed E-state index contributed by atoms with van der Waals surface area (Å²) in [5, 5.41) is 0.